The molecule has 1 aromatic heterocycles. The van der Waals surface area contributed by atoms with Crippen molar-refractivity contribution in [1.82, 2.24) is 9.29 Å². The first kappa shape index (κ1) is 24.1. The summed E-state index contributed by atoms with van der Waals surface area (Å²) in [7, 11) is -3.55. The molecule has 0 amide bonds. The van der Waals surface area contributed by atoms with Crippen LogP contribution in [-0.2, 0) is 26.7 Å². The number of rotatable bonds is 7. The van der Waals surface area contributed by atoms with Crippen LogP contribution in [-0.4, -0.2) is 42.4 Å². The molecule has 2 aromatic carbocycles. The summed E-state index contributed by atoms with van der Waals surface area (Å²) in [5.41, 5.74) is 2.71. The van der Waals surface area contributed by atoms with Crippen molar-refractivity contribution in [2.75, 3.05) is 6.79 Å². The number of hydrogen-bond donors (Lipinski definition) is 0. The number of fused-ring (bicyclic) bond motifs is 1. The first-order valence-corrected chi connectivity index (χ1v) is 14.3. The predicted octanol–water partition coefficient (Wildman–Crippen LogP) is 4.88. The summed E-state index contributed by atoms with van der Waals surface area (Å²) < 4.78 is 39.0. The number of aromatic nitrogens is 1. The fraction of sp³-hybridized carbons (Fsp3) is 0.379. The van der Waals surface area contributed by atoms with Gasteiger partial charge in [-0.15, -0.1) is 0 Å². The highest BCUT2D eigenvalue weighted by Gasteiger charge is 2.51. The molecule has 7 nitrogen and oxygen atoms in total. The van der Waals surface area contributed by atoms with E-state index in [1.165, 1.54) is 0 Å². The van der Waals surface area contributed by atoms with Crippen LogP contribution in [0.1, 0.15) is 50.8 Å². The second-order valence-corrected chi connectivity index (χ2v) is 12.2. The number of ketones is 1. The van der Waals surface area contributed by atoms with Gasteiger partial charge >= 0.3 is 0 Å². The Labute approximate surface area is 217 Å². The first-order chi connectivity index (χ1) is 17.8. The number of Topliss-reactive ketones (excluding diaryl/α,β-unsaturated/α-hetero) is 1. The van der Waals surface area contributed by atoms with Gasteiger partial charge in [0.25, 0.3) is 0 Å². The van der Waals surface area contributed by atoms with Crippen LogP contribution in [0.15, 0.2) is 65.6 Å². The predicted molar refractivity (Wildman–Crippen MR) is 139 cm³/mol. The molecule has 0 N–H and O–H groups in total. The van der Waals surface area contributed by atoms with Gasteiger partial charge in [-0.25, -0.2) is 8.42 Å². The van der Waals surface area contributed by atoms with Crippen LogP contribution in [0.2, 0.25) is 0 Å². The lowest BCUT2D eigenvalue weighted by atomic mass is 9.88. The molecule has 3 aliphatic rings. The maximum Gasteiger partial charge on any atom is 0.243 e. The monoisotopic (exact) mass is 518 g/mol. The molecule has 6 rings (SSSR count). The smallest absolute Gasteiger partial charge is 0.243 e. The zero-order chi connectivity index (χ0) is 25.8. The van der Waals surface area contributed by atoms with E-state index in [9.17, 15) is 13.2 Å². The SMILES string of the molecule is CC1CCC(C)N1S(=O)(=O)c1ccc(-c2cccc(CC(=O)C3(c4ccc5c(c4)OCO5)CC3)n2)cc1. The maximum atomic E-state index is 13.4. The van der Waals surface area contributed by atoms with Crippen LogP contribution in [0.4, 0.5) is 0 Å². The lowest BCUT2D eigenvalue weighted by Gasteiger charge is -2.25. The average Bonchev–Trinajstić information content (AvgIpc) is 3.45. The molecule has 1 saturated heterocycles. The van der Waals surface area contributed by atoms with Gasteiger partial charge in [-0.1, -0.05) is 24.3 Å². The molecule has 1 aliphatic carbocycles. The summed E-state index contributed by atoms with van der Waals surface area (Å²) in [6.07, 6.45) is 3.62. The second-order valence-electron chi connectivity index (χ2n) is 10.4. The van der Waals surface area contributed by atoms with Crippen LogP contribution in [0.3, 0.4) is 0 Å². The van der Waals surface area contributed by atoms with E-state index < -0.39 is 15.4 Å². The number of ether oxygens (including phenoxy) is 2. The molecule has 1 saturated carbocycles. The van der Waals surface area contributed by atoms with Gasteiger partial charge in [-0.05, 0) is 81.5 Å². The van der Waals surface area contributed by atoms with Crippen LogP contribution < -0.4 is 9.47 Å². The summed E-state index contributed by atoms with van der Waals surface area (Å²) in [6, 6.07) is 18.3. The third kappa shape index (κ3) is 4.22. The Bertz CT molecular complexity index is 1450. The summed E-state index contributed by atoms with van der Waals surface area (Å²) in [6.45, 7) is 4.13. The Kier molecular flexibility index (Phi) is 5.84. The van der Waals surface area contributed by atoms with Gasteiger partial charge < -0.3 is 9.47 Å². The minimum atomic E-state index is -3.55. The highest BCUT2D eigenvalue weighted by molar-refractivity contribution is 7.89. The first-order valence-electron chi connectivity index (χ1n) is 12.8. The quantitative estimate of drug-likeness (QED) is 0.443. The molecule has 192 valence electrons. The summed E-state index contributed by atoms with van der Waals surface area (Å²) >= 11 is 0. The number of hydrogen-bond acceptors (Lipinski definition) is 6. The molecular weight excluding hydrogens is 488 g/mol. The summed E-state index contributed by atoms with van der Waals surface area (Å²) in [4.78, 5) is 18.4. The third-order valence-electron chi connectivity index (χ3n) is 7.95. The van der Waals surface area contributed by atoms with E-state index in [4.69, 9.17) is 14.5 Å². The lowest BCUT2D eigenvalue weighted by Crippen LogP contribution is -2.38. The number of benzene rings is 2. The minimum Gasteiger partial charge on any atom is -0.454 e. The number of sulfonamides is 1. The van der Waals surface area contributed by atoms with Crippen molar-refractivity contribution in [2.45, 2.75) is 68.3 Å². The topological polar surface area (TPSA) is 85.8 Å². The van der Waals surface area contributed by atoms with E-state index in [0.29, 0.717) is 27.8 Å². The molecule has 0 spiro atoms. The highest BCUT2D eigenvalue weighted by Crippen LogP contribution is 2.51. The Morgan fingerprint density at radius 3 is 2.38 bits per heavy atom. The van der Waals surface area contributed by atoms with Gasteiger partial charge in [0, 0.05) is 29.8 Å². The number of carbonyl (C=O) groups is 1. The molecule has 2 fully saturated rings. The van der Waals surface area contributed by atoms with Crippen LogP contribution in [0.5, 0.6) is 11.5 Å². The third-order valence-corrected chi connectivity index (χ3v) is 10.1. The van der Waals surface area contributed by atoms with Gasteiger partial charge in [0.05, 0.1) is 16.0 Å². The molecule has 2 atom stereocenters. The van der Waals surface area contributed by atoms with Crippen molar-refractivity contribution < 1.29 is 22.7 Å². The molecular formula is C29H30N2O5S. The number of pyridine rings is 1. The van der Waals surface area contributed by atoms with Crippen molar-refractivity contribution in [2.24, 2.45) is 0 Å². The van der Waals surface area contributed by atoms with Crippen molar-refractivity contribution in [1.29, 1.82) is 0 Å². The Morgan fingerprint density at radius 1 is 0.973 bits per heavy atom. The normalized spacial score (nSPS) is 22.2. The molecule has 3 aromatic rings. The summed E-state index contributed by atoms with van der Waals surface area (Å²) in [5.74, 6) is 1.55. The van der Waals surface area contributed by atoms with Gasteiger partial charge in [-0.2, -0.15) is 4.31 Å². The fourth-order valence-electron chi connectivity index (χ4n) is 5.68. The largest absolute Gasteiger partial charge is 0.454 e. The van der Waals surface area contributed by atoms with Crippen molar-refractivity contribution >= 4 is 15.8 Å². The van der Waals surface area contributed by atoms with Gasteiger partial charge in [0.1, 0.15) is 5.78 Å². The molecule has 2 unspecified atom stereocenters. The van der Waals surface area contributed by atoms with Gasteiger partial charge in [-0.3, -0.25) is 9.78 Å². The summed E-state index contributed by atoms with van der Waals surface area (Å²) in [5, 5.41) is 0. The Balaban J connectivity index is 1.20. The zero-order valence-electron chi connectivity index (χ0n) is 21.0. The average molecular weight is 519 g/mol. The molecule has 37 heavy (non-hydrogen) atoms. The molecule has 3 heterocycles. The van der Waals surface area contributed by atoms with Crippen LogP contribution in [0, 0.1) is 0 Å². The maximum absolute atomic E-state index is 13.4. The second kappa shape index (κ2) is 8.96. The van der Waals surface area contributed by atoms with Crippen molar-refractivity contribution in [3.05, 3.63) is 71.9 Å². The van der Waals surface area contributed by atoms with Crippen LogP contribution in [0.25, 0.3) is 11.3 Å². The van der Waals surface area contributed by atoms with E-state index in [0.717, 1.165) is 36.8 Å². The van der Waals surface area contributed by atoms with Crippen LogP contribution >= 0.6 is 0 Å². The molecule has 2 aliphatic heterocycles. The van der Waals surface area contributed by atoms with E-state index in [-0.39, 0.29) is 31.1 Å². The van der Waals surface area contributed by atoms with E-state index in [1.807, 2.05) is 50.2 Å². The van der Waals surface area contributed by atoms with Crippen molar-refractivity contribution in [3.63, 3.8) is 0 Å². The standard InChI is InChI=1S/C29H30N2O5S/c1-19-6-7-20(2)31(19)37(33,34)24-11-8-21(9-12-24)25-5-3-4-23(30-25)17-28(32)29(14-15-29)22-10-13-26-27(16-22)36-18-35-26/h3-5,8-13,16,19-20H,6-7,14-15,17-18H2,1-2H3. The fourth-order valence-corrected chi connectivity index (χ4v) is 7.57. The highest BCUT2D eigenvalue weighted by atomic mass is 32.2. The minimum absolute atomic E-state index is 0.00276. The number of nitrogens with zero attached hydrogens (tertiary/aromatic N) is 2. The Hall–Kier alpha value is -3.23. The molecule has 0 bridgehead atoms. The van der Waals surface area contributed by atoms with E-state index in [2.05, 4.69) is 0 Å². The number of carbonyl (C=O) groups excluding carboxylic acids is 1. The van der Waals surface area contributed by atoms with Gasteiger partial charge in [0.15, 0.2) is 11.5 Å². The van der Waals surface area contributed by atoms with Gasteiger partial charge in [0.2, 0.25) is 16.8 Å². The van der Waals surface area contributed by atoms with Crippen molar-refractivity contribution in [3.8, 4) is 22.8 Å². The molecule has 8 heteroatoms. The Morgan fingerprint density at radius 2 is 1.68 bits per heavy atom. The zero-order valence-corrected chi connectivity index (χ0v) is 21.8. The molecule has 0 radical (unpaired) electrons. The lowest BCUT2D eigenvalue weighted by molar-refractivity contribution is -0.120. The van der Waals surface area contributed by atoms with E-state index >= 15 is 0 Å². The van der Waals surface area contributed by atoms with E-state index in [1.54, 1.807) is 28.6 Å².